The molecule has 0 aliphatic rings. The minimum atomic E-state index is 0.820. The zero-order chi connectivity index (χ0) is 14.8. The lowest BCUT2D eigenvalue weighted by Crippen LogP contribution is -2.25. The van der Waals surface area contributed by atoms with E-state index in [2.05, 4.69) is 27.0 Å². The summed E-state index contributed by atoms with van der Waals surface area (Å²) in [5, 5.41) is 0. The molecule has 0 unspecified atom stereocenters. The maximum Gasteiger partial charge on any atom is 0.0544 e. The number of aromatic nitrogens is 2. The Bertz CT molecular complexity index is 448. The first-order valence-corrected chi connectivity index (χ1v) is 7.39. The van der Waals surface area contributed by atoms with E-state index in [0.29, 0.717) is 0 Å². The first-order chi connectivity index (χ1) is 10.4. The number of methoxy groups -OCH3 is 1. The van der Waals surface area contributed by atoms with Gasteiger partial charge in [-0.05, 0) is 43.7 Å². The molecule has 0 aliphatic heterocycles. The van der Waals surface area contributed by atoms with Crippen LogP contribution in [0.25, 0.3) is 0 Å². The van der Waals surface area contributed by atoms with Crippen LogP contribution in [-0.4, -0.2) is 35.1 Å². The van der Waals surface area contributed by atoms with Gasteiger partial charge in [0.15, 0.2) is 0 Å². The largest absolute Gasteiger partial charge is 0.385 e. The van der Waals surface area contributed by atoms with Gasteiger partial charge in [0.2, 0.25) is 0 Å². The van der Waals surface area contributed by atoms with Crippen LogP contribution in [0.2, 0.25) is 0 Å². The maximum absolute atomic E-state index is 5.12. The number of nitrogens with zero attached hydrogens (tertiary/aromatic N) is 3. The van der Waals surface area contributed by atoms with E-state index in [9.17, 15) is 0 Å². The lowest BCUT2D eigenvalue weighted by atomic mass is 10.2. The molecule has 0 amide bonds. The van der Waals surface area contributed by atoms with Crippen molar-refractivity contribution in [1.82, 2.24) is 14.9 Å². The highest BCUT2D eigenvalue weighted by atomic mass is 16.5. The molecule has 2 aromatic heterocycles. The average molecular weight is 285 g/mol. The minimum absolute atomic E-state index is 0.820. The average Bonchev–Trinajstić information content (AvgIpc) is 2.53. The quantitative estimate of drug-likeness (QED) is 0.664. The Balaban J connectivity index is 1.93. The standard InChI is InChI=1S/C17H23N3O/c1-21-13-7-6-12-20(14-16-8-2-4-10-18-16)15-17-9-3-5-11-19-17/h2-5,8-11H,6-7,12-15H2,1H3. The molecule has 0 spiro atoms. The van der Waals surface area contributed by atoms with Crippen molar-refractivity contribution in [2.24, 2.45) is 0 Å². The van der Waals surface area contributed by atoms with Crippen LogP contribution in [0.3, 0.4) is 0 Å². The van der Waals surface area contributed by atoms with E-state index >= 15 is 0 Å². The normalized spacial score (nSPS) is 11.0. The van der Waals surface area contributed by atoms with Crippen LogP contribution in [-0.2, 0) is 17.8 Å². The zero-order valence-corrected chi connectivity index (χ0v) is 12.6. The third-order valence-electron chi connectivity index (χ3n) is 3.30. The third-order valence-corrected chi connectivity index (χ3v) is 3.30. The monoisotopic (exact) mass is 285 g/mol. The molecule has 112 valence electrons. The van der Waals surface area contributed by atoms with Crippen molar-refractivity contribution in [3.8, 4) is 0 Å². The Kier molecular flexibility index (Phi) is 6.84. The van der Waals surface area contributed by atoms with E-state index in [-0.39, 0.29) is 0 Å². The number of ether oxygens (including phenoxy) is 1. The van der Waals surface area contributed by atoms with E-state index in [1.165, 1.54) is 0 Å². The Morgan fingerprint density at radius 2 is 1.52 bits per heavy atom. The van der Waals surface area contributed by atoms with Gasteiger partial charge in [0.25, 0.3) is 0 Å². The van der Waals surface area contributed by atoms with Gasteiger partial charge in [0, 0.05) is 39.2 Å². The molecule has 2 aromatic rings. The van der Waals surface area contributed by atoms with Crippen molar-refractivity contribution in [3.05, 3.63) is 60.2 Å². The molecule has 0 N–H and O–H groups in total. The smallest absolute Gasteiger partial charge is 0.0544 e. The number of pyridine rings is 2. The highest BCUT2D eigenvalue weighted by molar-refractivity contribution is 5.06. The van der Waals surface area contributed by atoms with Gasteiger partial charge >= 0.3 is 0 Å². The lowest BCUT2D eigenvalue weighted by Gasteiger charge is -2.21. The molecule has 0 bridgehead atoms. The second-order valence-corrected chi connectivity index (χ2v) is 5.05. The van der Waals surface area contributed by atoms with Gasteiger partial charge in [-0.1, -0.05) is 12.1 Å². The number of hydrogen-bond donors (Lipinski definition) is 0. The molecule has 0 aromatic carbocycles. The summed E-state index contributed by atoms with van der Waals surface area (Å²) in [6.45, 7) is 3.55. The summed E-state index contributed by atoms with van der Waals surface area (Å²) in [6, 6.07) is 12.1. The summed E-state index contributed by atoms with van der Waals surface area (Å²) in [4.78, 5) is 11.2. The lowest BCUT2D eigenvalue weighted by molar-refractivity contribution is 0.180. The van der Waals surface area contributed by atoms with Gasteiger partial charge in [-0.3, -0.25) is 14.9 Å². The van der Waals surface area contributed by atoms with Gasteiger partial charge < -0.3 is 4.74 Å². The van der Waals surface area contributed by atoms with Gasteiger partial charge in [0.1, 0.15) is 0 Å². The van der Waals surface area contributed by atoms with Gasteiger partial charge in [-0.25, -0.2) is 0 Å². The second-order valence-electron chi connectivity index (χ2n) is 5.05. The maximum atomic E-state index is 5.12. The molecule has 0 fully saturated rings. The Morgan fingerprint density at radius 1 is 0.905 bits per heavy atom. The molecule has 0 saturated carbocycles. The van der Waals surface area contributed by atoms with Crippen molar-refractivity contribution in [3.63, 3.8) is 0 Å². The summed E-state index contributed by atoms with van der Waals surface area (Å²) in [5.41, 5.74) is 2.19. The van der Waals surface area contributed by atoms with Gasteiger partial charge in [0.05, 0.1) is 11.4 Å². The molecule has 0 saturated heterocycles. The Labute approximate surface area is 126 Å². The van der Waals surface area contributed by atoms with Crippen LogP contribution < -0.4 is 0 Å². The van der Waals surface area contributed by atoms with E-state index in [1.807, 2.05) is 36.7 Å². The fraction of sp³-hybridized carbons (Fsp3) is 0.412. The number of hydrogen-bond acceptors (Lipinski definition) is 4. The van der Waals surface area contributed by atoms with E-state index in [1.54, 1.807) is 7.11 Å². The highest BCUT2D eigenvalue weighted by Gasteiger charge is 2.08. The molecule has 21 heavy (non-hydrogen) atoms. The summed E-state index contributed by atoms with van der Waals surface area (Å²) in [6.07, 6.45) is 5.89. The zero-order valence-electron chi connectivity index (χ0n) is 12.6. The van der Waals surface area contributed by atoms with Crippen molar-refractivity contribution >= 4 is 0 Å². The molecule has 0 radical (unpaired) electrons. The molecule has 2 heterocycles. The summed E-state index contributed by atoms with van der Waals surface area (Å²) in [5.74, 6) is 0. The predicted molar refractivity (Wildman–Crippen MR) is 83.7 cm³/mol. The molecule has 0 atom stereocenters. The fourth-order valence-electron chi connectivity index (χ4n) is 2.24. The minimum Gasteiger partial charge on any atom is -0.385 e. The van der Waals surface area contributed by atoms with Crippen molar-refractivity contribution in [1.29, 1.82) is 0 Å². The van der Waals surface area contributed by atoms with Crippen molar-refractivity contribution in [2.75, 3.05) is 20.3 Å². The fourth-order valence-corrected chi connectivity index (χ4v) is 2.24. The Morgan fingerprint density at radius 3 is 2.00 bits per heavy atom. The van der Waals surface area contributed by atoms with Gasteiger partial charge in [-0.15, -0.1) is 0 Å². The third kappa shape index (κ3) is 6.02. The molecule has 0 aliphatic carbocycles. The first-order valence-electron chi connectivity index (χ1n) is 7.39. The SMILES string of the molecule is COCCCCN(Cc1ccccn1)Cc1ccccn1. The molecular weight excluding hydrogens is 262 g/mol. The first kappa shape index (κ1) is 15.6. The molecule has 4 heteroatoms. The summed E-state index contributed by atoms with van der Waals surface area (Å²) >= 11 is 0. The second kappa shape index (κ2) is 9.21. The van der Waals surface area contributed by atoms with Crippen molar-refractivity contribution in [2.45, 2.75) is 25.9 Å². The van der Waals surface area contributed by atoms with Crippen LogP contribution in [0.5, 0.6) is 0 Å². The van der Waals surface area contributed by atoms with E-state index < -0.39 is 0 Å². The summed E-state index contributed by atoms with van der Waals surface area (Å²) in [7, 11) is 1.75. The predicted octanol–water partition coefficient (Wildman–Crippen LogP) is 2.91. The molecule has 2 rings (SSSR count). The van der Waals surface area contributed by atoms with Crippen LogP contribution >= 0.6 is 0 Å². The number of rotatable bonds is 9. The van der Waals surface area contributed by atoms with Crippen LogP contribution in [0.4, 0.5) is 0 Å². The van der Waals surface area contributed by atoms with Crippen LogP contribution in [0, 0.1) is 0 Å². The number of unbranched alkanes of at least 4 members (excludes halogenated alkanes) is 1. The van der Waals surface area contributed by atoms with Gasteiger partial charge in [-0.2, -0.15) is 0 Å². The van der Waals surface area contributed by atoms with Crippen LogP contribution in [0.1, 0.15) is 24.2 Å². The van der Waals surface area contributed by atoms with E-state index in [4.69, 9.17) is 4.74 Å². The molecule has 4 nitrogen and oxygen atoms in total. The van der Waals surface area contributed by atoms with E-state index in [0.717, 1.165) is 50.5 Å². The highest BCUT2D eigenvalue weighted by Crippen LogP contribution is 2.08. The molecular formula is C17H23N3O. The van der Waals surface area contributed by atoms with Crippen molar-refractivity contribution < 1.29 is 4.74 Å². The Hall–Kier alpha value is -1.78. The summed E-state index contributed by atoms with van der Waals surface area (Å²) < 4.78 is 5.12. The topological polar surface area (TPSA) is 38.2 Å². The van der Waals surface area contributed by atoms with Crippen LogP contribution in [0.15, 0.2) is 48.8 Å².